The van der Waals surface area contributed by atoms with Gasteiger partial charge in [-0.05, 0) is 30.0 Å². The van der Waals surface area contributed by atoms with E-state index >= 15 is 0 Å². The molecular weight excluding hydrogens is 194 g/mol. The topological polar surface area (TPSA) is 33.0 Å². The molecule has 1 heterocycles. The molecule has 0 saturated heterocycles. The molecule has 2 nitrogen and oxygen atoms in total. The highest BCUT2D eigenvalue weighted by Gasteiger charge is 2.07. The number of benzene rings is 1. The maximum Gasteiger partial charge on any atom is 0.120 e. The summed E-state index contributed by atoms with van der Waals surface area (Å²) in [6.07, 6.45) is 0. The molecule has 0 aliphatic rings. The van der Waals surface area contributed by atoms with Crippen LogP contribution in [0.3, 0.4) is 0 Å². The number of nitriles is 1. The quantitative estimate of drug-likeness (QED) is 0.713. The van der Waals surface area contributed by atoms with Crippen LogP contribution in [0.1, 0.15) is 11.1 Å². The van der Waals surface area contributed by atoms with Gasteiger partial charge < -0.3 is 4.74 Å². The number of thiophene rings is 1. The van der Waals surface area contributed by atoms with Crippen LogP contribution < -0.4 is 4.74 Å². The number of hydrogen-bond acceptors (Lipinski definition) is 3. The zero-order valence-corrected chi connectivity index (χ0v) is 8.81. The van der Waals surface area contributed by atoms with Crippen molar-refractivity contribution in [1.29, 1.82) is 5.26 Å². The van der Waals surface area contributed by atoms with Crippen LogP contribution in [0.4, 0.5) is 0 Å². The number of ether oxygens (including phenoxy) is 1. The first-order valence-corrected chi connectivity index (χ1v) is 5.10. The van der Waals surface area contributed by atoms with Crippen molar-refractivity contribution in [2.24, 2.45) is 0 Å². The Morgan fingerprint density at radius 1 is 1.43 bits per heavy atom. The van der Waals surface area contributed by atoms with E-state index in [0.717, 1.165) is 15.8 Å². The van der Waals surface area contributed by atoms with Crippen LogP contribution in [-0.2, 0) is 0 Å². The Morgan fingerprint density at radius 2 is 2.21 bits per heavy atom. The van der Waals surface area contributed by atoms with Crippen LogP contribution >= 0.6 is 11.3 Å². The molecule has 0 aliphatic carbocycles. The molecule has 3 heteroatoms. The summed E-state index contributed by atoms with van der Waals surface area (Å²) in [5, 5.41) is 12.1. The molecular formula is C11H9NOS. The van der Waals surface area contributed by atoms with Gasteiger partial charge >= 0.3 is 0 Å². The zero-order valence-electron chi connectivity index (χ0n) is 8.00. The lowest BCUT2D eigenvalue weighted by Crippen LogP contribution is -1.84. The maximum absolute atomic E-state index is 8.97. The molecule has 0 N–H and O–H groups in total. The average molecular weight is 203 g/mol. The van der Waals surface area contributed by atoms with E-state index in [9.17, 15) is 0 Å². The number of methoxy groups -OCH3 is 1. The number of fused-ring (bicyclic) bond motifs is 1. The number of aryl methyl sites for hydroxylation is 1. The summed E-state index contributed by atoms with van der Waals surface area (Å²) >= 11 is 1.61. The van der Waals surface area contributed by atoms with Crippen molar-refractivity contribution in [2.45, 2.75) is 6.92 Å². The Bertz CT molecular complexity index is 522. The van der Waals surface area contributed by atoms with Crippen molar-refractivity contribution in [3.63, 3.8) is 0 Å². The molecule has 0 amide bonds. The standard InChI is InChI=1S/C11H9NOS/c1-7-6-14-11-8(5-12)3-9(13-2)4-10(7)11/h3-4,6H,1-2H3. The molecule has 0 unspecified atom stereocenters. The van der Waals surface area contributed by atoms with Crippen molar-refractivity contribution in [1.82, 2.24) is 0 Å². The Hall–Kier alpha value is -1.53. The van der Waals surface area contributed by atoms with Gasteiger partial charge in [-0.1, -0.05) is 0 Å². The van der Waals surface area contributed by atoms with Gasteiger partial charge in [-0.2, -0.15) is 5.26 Å². The fourth-order valence-electron chi connectivity index (χ4n) is 1.43. The zero-order chi connectivity index (χ0) is 10.1. The lowest BCUT2D eigenvalue weighted by Gasteiger charge is -2.01. The van der Waals surface area contributed by atoms with Gasteiger partial charge in [-0.15, -0.1) is 11.3 Å². The monoisotopic (exact) mass is 203 g/mol. The predicted octanol–water partition coefficient (Wildman–Crippen LogP) is 3.09. The maximum atomic E-state index is 8.97. The minimum absolute atomic E-state index is 0.692. The van der Waals surface area contributed by atoms with Crippen molar-refractivity contribution in [3.05, 3.63) is 28.6 Å². The second-order valence-electron chi connectivity index (χ2n) is 3.08. The van der Waals surface area contributed by atoms with Crippen LogP contribution in [0.25, 0.3) is 10.1 Å². The average Bonchev–Trinajstić information content (AvgIpc) is 2.59. The lowest BCUT2D eigenvalue weighted by molar-refractivity contribution is 0.415. The van der Waals surface area contributed by atoms with E-state index in [1.807, 2.05) is 13.0 Å². The fourth-order valence-corrected chi connectivity index (χ4v) is 2.43. The van der Waals surface area contributed by atoms with E-state index in [-0.39, 0.29) is 0 Å². The van der Waals surface area contributed by atoms with Crippen LogP contribution in [0, 0.1) is 18.3 Å². The second-order valence-corrected chi connectivity index (χ2v) is 3.96. The summed E-state index contributed by atoms with van der Waals surface area (Å²) in [5.41, 5.74) is 1.89. The molecule has 0 bridgehead atoms. The van der Waals surface area contributed by atoms with Gasteiger partial charge in [-0.25, -0.2) is 0 Å². The minimum Gasteiger partial charge on any atom is -0.497 e. The molecule has 70 valence electrons. The molecule has 2 aromatic rings. The third-order valence-corrected chi connectivity index (χ3v) is 3.34. The highest BCUT2D eigenvalue weighted by atomic mass is 32.1. The predicted molar refractivity (Wildman–Crippen MR) is 57.8 cm³/mol. The van der Waals surface area contributed by atoms with E-state index in [0.29, 0.717) is 5.56 Å². The van der Waals surface area contributed by atoms with Gasteiger partial charge in [0.05, 0.1) is 17.4 Å². The third-order valence-electron chi connectivity index (χ3n) is 2.20. The first-order valence-electron chi connectivity index (χ1n) is 4.22. The molecule has 0 atom stereocenters. The third kappa shape index (κ3) is 1.24. The van der Waals surface area contributed by atoms with Crippen LogP contribution in [-0.4, -0.2) is 7.11 Å². The van der Waals surface area contributed by atoms with Crippen LogP contribution in [0.2, 0.25) is 0 Å². The second kappa shape index (κ2) is 3.32. The molecule has 0 aliphatic heterocycles. The van der Waals surface area contributed by atoms with Gasteiger partial charge in [0.1, 0.15) is 11.8 Å². The number of hydrogen-bond donors (Lipinski definition) is 0. The first-order chi connectivity index (χ1) is 6.76. The van der Waals surface area contributed by atoms with E-state index in [2.05, 4.69) is 11.4 Å². The molecule has 0 saturated carbocycles. The van der Waals surface area contributed by atoms with Crippen LogP contribution in [0.5, 0.6) is 5.75 Å². The van der Waals surface area contributed by atoms with Gasteiger partial charge in [0, 0.05) is 5.39 Å². The summed E-state index contributed by atoms with van der Waals surface area (Å²) < 4.78 is 6.19. The SMILES string of the molecule is COc1cc(C#N)c2scc(C)c2c1. The van der Waals surface area contributed by atoms with E-state index in [1.54, 1.807) is 24.5 Å². The van der Waals surface area contributed by atoms with Gasteiger partial charge in [-0.3, -0.25) is 0 Å². The molecule has 1 aromatic carbocycles. The summed E-state index contributed by atoms with van der Waals surface area (Å²) in [5.74, 6) is 0.746. The molecule has 0 spiro atoms. The Labute approximate surface area is 86.4 Å². The molecule has 0 radical (unpaired) electrons. The smallest absolute Gasteiger partial charge is 0.120 e. The molecule has 2 rings (SSSR count). The molecule has 1 aromatic heterocycles. The van der Waals surface area contributed by atoms with Gasteiger partial charge in [0.25, 0.3) is 0 Å². The summed E-state index contributed by atoms with van der Waals surface area (Å²) in [6, 6.07) is 5.94. The first kappa shape index (κ1) is 9.04. The summed E-state index contributed by atoms with van der Waals surface area (Å²) in [4.78, 5) is 0. The van der Waals surface area contributed by atoms with Gasteiger partial charge in [0.2, 0.25) is 0 Å². The van der Waals surface area contributed by atoms with E-state index in [4.69, 9.17) is 10.00 Å². The molecule has 0 fully saturated rings. The van der Waals surface area contributed by atoms with E-state index in [1.165, 1.54) is 5.56 Å². The number of nitrogens with zero attached hydrogens (tertiary/aromatic N) is 1. The van der Waals surface area contributed by atoms with Crippen molar-refractivity contribution >= 4 is 21.4 Å². The Kier molecular flexibility index (Phi) is 2.14. The molecule has 14 heavy (non-hydrogen) atoms. The summed E-state index contributed by atoms with van der Waals surface area (Å²) in [6.45, 7) is 2.04. The fraction of sp³-hybridized carbons (Fsp3) is 0.182. The number of rotatable bonds is 1. The van der Waals surface area contributed by atoms with Crippen LogP contribution in [0.15, 0.2) is 17.5 Å². The highest BCUT2D eigenvalue weighted by molar-refractivity contribution is 7.17. The van der Waals surface area contributed by atoms with E-state index < -0.39 is 0 Å². The summed E-state index contributed by atoms with van der Waals surface area (Å²) in [7, 11) is 1.62. The van der Waals surface area contributed by atoms with Crippen molar-refractivity contribution in [3.8, 4) is 11.8 Å². The minimum atomic E-state index is 0.692. The normalized spacial score (nSPS) is 10.1. The Balaban J connectivity index is 2.84. The van der Waals surface area contributed by atoms with Gasteiger partial charge in [0.15, 0.2) is 0 Å². The van der Waals surface area contributed by atoms with Crippen molar-refractivity contribution in [2.75, 3.05) is 7.11 Å². The Morgan fingerprint density at radius 3 is 2.86 bits per heavy atom. The largest absolute Gasteiger partial charge is 0.497 e. The lowest BCUT2D eigenvalue weighted by atomic mass is 10.1. The highest BCUT2D eigenvalue weighted by Crippen LogP contribution is 2.32. The van der Waals surface area contributed by atoms with Crippen molar-refractivity contribution < 1.29 is 4.74 Å².